The van der Waals surface area contributed by atoms with Crippen molar-refractivity contribution in [3.63, 3.8) is 0 Å². The molecule has 12 heteroatoms. The minimum absolute atomic E-state index is 0.218. The lowest BCUT2D eigenvalue weighted by molar-refractivity contribution is -0.138. The van der Waals surface area contributed by atoms with Crippen LogP contribution in [-0.4, -0.2) is 66.0 Å². The Morgan fingerprint density at radius 2 is 2.04 bits per heavy atom. The lowest BCUT2D eigenvalue weighted by Gasteiger charge is -2.37. The van der Waals surface area contributed by atoms with E-state index in [0.717, 1.165) is 9.80 Å². The third-order valence-electron chi connectivity index (χ3n) is 3.00. The Kier molecular flexibility index (Phi) is 4.63. The van der Waals surface area contributed by atoms with Gasteiger partial charge in [0.1, 0.15) is 0 Å². The van der Waals surface area contributed by atoms with E-state index in [2.05, 4.69) is 10.2 Å². The number of carbonyl (C=O) groups is 2. The van der Waals surface area contributed by atoms with Gasteiger partial charge in [-0.15, -0.1) is 10.2 Å². The Labute approximate surface area is 133 Å². The maximum Gasteiger partial charge on any atom is 0.445 e. The Bertz CT molecular complexity index is 606. The summed E-state index contributed by atoms with van der Waals surface area (Å²) >= 11 is 0.218. The van der Waals surface area contributed by atoms with Crippen LogP contribution in [0.3, 0.4) is 0 Å². The van der Waals surface area contributed by atoms with Gasteiger partial charge < -0.3 is 14.5 Å². The van der Waals surface area contributed by atoms with Gasteiger partial charge in [-0.3, -0.25) is 0 Å². The van der Waals surface area contributed by atoms with Gasteiger partial charge in [0.25, 0.3) is 0 Å². The van der Waals surface area contributed by atoms with Crippen LogP contribution in [0, 0.1) is 0 Å². The highest BCUT2D eigenvalue weighted by atomic mass is 32.1. The van der Waals surface area contributed by atoms with Crippen LogP contribution < -0.4 is 4.90 Å². The molecule has 8 nitrogen and oxygen atoms in total. The smallest absolute Gasteiger partial charge is 0.425 e. The number of nitrogens with zero attached hydrogens (tertiary/aromatic N) is 5. The van der Waals surface area contributed by atoms with Crippen molar-refractivity contribution >= 4 is 28.6 Å². The molecule has 2 heterocycles. The number of hydrogen-bond donors (Lipinski definition) is 0. The van der Waals surface area contributed by atoms with Crippen LogP contribution in [0.2, 0.25) is 0 Å². The molecule has 0 saturated carbocycles. The fourth-order valence-electron chi connectivity index (χ4n) is 1.80. The molecule has 1 aliphatic rings. The van der Waals surface area contributed by atoms with Gasteiger partial charge in [0.05, 0.1) is 0 Å². The molecule has 2 rings (SSSR count). The number of hydrogen-bond acceptors (Lipinski definition) is 6. The van der Waals surface area contributed by atoms with E-state index >= 15 is 0 Å². The summed E-state index contributed by atoms with van der Waals surface area (Å²) < 4.78 is 43.1. The van der Waals surface area contributed by atoms with Crippen LogP contribution in [0.4, 0.5) is 27.9 Å². The molecule has 1 atom stereocenters. The summed E-state index contributed by atoms with van der Waals surface area (Å²) in [4.78, 5) is 27.3. The number of amides is 3. The van der Waals surface area contributed by atoms with Crippen molar-refractivity contribution in [1.82, 2.24) is 20.0 Å². The molecule has 1 aromatic heterocycles. The molecule has 1 saturated heterocycles. The predicted octanol–water partition coefficient (Wildman–Crippen LogP) is 1.84. The van der Waals surface area contributed by atoms with Crippen molar-refractivity contribution in [1.29, 1.82) is 0 Å². The first kappa shape index (κ1) is 17.2. The molecule has 0 spiro atoms. The number of aromatic nitrogens is 2. The number of ether oxygens (including phenoxy) is 1. The largest absolute Gasteiger partial charge is 0.445 e. The summed E-state index contributed by atoms with van der Waals surface area (Å²) in [6, 6.07) is -0.613. The molecule has 128 valence electrons. The van der Waals surface area contributed by atoms with Crippen LogP contribution in [-0.2, 0) is 10.9 Å². The molecular formula is C11H14F3N5O3S. The number of urea groups is 1. The SMILES string of the molecule is CN(C)C(=O)OC1CCN(C)C(=O)N1c1nnc(C(F)(F)F)s1. The summed E-state index contributed by atoms with van der Waals surface area (Å²) in [5.74, 6) is 0. The molecule has 0 bridgehead atoms. The fraction of sp³-hybridized carbons (Fsp3) is 0.636. The van der Waals surface area contributed by atoms with E-state index in [-0.39, 0.29) is 22.9 Å². The van der Waals surface area contributed by atoms with Gasteiger partial charge in [-0.05, 0) is 0 Å². The standard InChI is InChI=1S/C11H14F3N5O3S/c1-17(2)10(21)22-6-4-5-18(3)9(20)19(6)8-16-15-7(23-8)11(12,13)14/h6H,4-5H2,1-3H3. The van der Waals surface area contributed by atoms with Crippen molar-refractivity contribution in [3.8, 4) is 0 Å². The Morgan fingerprint density at radius 3 is 2.57 bits per heavy atom. The third-order valence-corrected chi connectivity index (χ3v) is 3.96. The molecule has 1 aromatic rings. The summed E-state index contributed by atoms with van der Waals surface area (Å²) in [5.41, 5.74) is 0. The molecule has 0 aromatic carbocycles. The number of alkyl halides is 3. The second kappa shape index (κ2) is 6.18. The molecule has 0 aliphatic carbocycles. The van der Waals surface area contributed by atoms with Gasteiger partial charge in [-0.1, -0.05) is 11.3 Å². The van der Waals surface area contributed by atoms with Crippen LogP contribution >= 0.6 is 11.3 Å². The summed E-state index contributed by atoms with van der Waals surface area (Å²) in [5, 5.41) is 5.02. The number of halogens is 3. The Hall–Kier alpha value is -2.11. The first-order valence-electron chi connectivity index (χ1n) is 6.44. The Balaban J connectivity index is 2.30. The predicted molar refractivity (Wildman–Crippen MR) is 74.0 cm³/mol. The van der Waals surface area contributed by atoms with Gasteiger partial charge >= 0.3 is 18.3 Å². The third kappa shape index (κ3) is 3.63. The normalized spacial score (nSPS) is 19.0. The Morgan fingerprint density at radius 1 is 1.39 bits per heavy atom. The number of rotatable bonds is 2. The van der Waals surface area contributed by atoms with Crippen LogP contribution in [0.15, 0.2) is 0 Å². The van der Waals surface area contributed by atoms with E-state index in [1.165, 1.54) is 26.0 Å². The average molecular weight is 353 g/mol. The molecule has 0 radical (unpaired) electrons. The maximum absolute atomic E-state index is 12.7. The van der Waals surface area contributed by atoms with Crippen molar-refractivity contribution in [3.05, 3.63) is 5.01 Å². The van der Waals surface area contributed by atoms with Gasteiger partial charge in [-0.25, -0.2) is 14.5 Å². The maximum atomic E-state index is 12.7. The topological polar surface area (TPSA) is 78.9 Å². The lowest BCUT2D eigenvalue weighted by atomic mass is 10.3. The van der Waals surface area contributed by atoms with Crippen LogP contribution in [0.25, 0.3) is 0 Å². The highest BCUT2D eigenvalue weighted by Gasteiger charge is 2.41. The fourth-order valence-corrected chi connectivity index (χ4v) is 2.55. The summed E-state index contributed by atoms with van der Waals surface area (Å²) in [7, 11) is 4.40. The first-order valence-corrected chi connectivity index (χ1v) is 7.26. The van der Waals surface area contributed by atoms with E-state index < -0.39 is 29.5 Å². The second-order valence-electron chi connectivity index (χ2n) is 4.98. The minimum atomic E-state index is -4.66. The van der Waals surface area contributed by atoms with E-state index in [1.807, 2.05) is 0 Å². The molecular weight excluding hydrogens is 339 g/mol. The van der Waals surface area contributed by atoms with E-state index in [1.54, 1.807) is 0 Å². The highest BCUT2D eigenvalue weighted by molar-refractivity contribution is 7.15. The zero-order chi connectivity index (χ0) is 17.4. The molecule has 1 unspecified atom stereocenters. The second-order valence-corrected chi connectivity index (χ2v) is 5.94. The quantitative estimate of drug-likeness (QED) is 0.811. The van der Waals surface area contributed by atoms with Crippen LogP contribution in [0.1, 0.15) is 11.4 Å². The minimum Gasteiger partial charge on any atom is -0.425 e. The van der Waals surface area contributed by atoms with Gasteiger partial charge in [-0.2, -0.15) is 13.2 Å². The van der Waals surface area contributed by atoms with Crippen molar-refractivity contribution in [2.45, 2.75) is 18.8 Å². The lowest BCUT2D eigenvalue weighted by Crippen LogP contribution is -2.55. The number of anilines is 1. The highest BCUT2D eigenvalue weighted by Crippen LogP contribution is 2.36. The van der Waals surface area contributed by atoms with Gasteiger partial charge in [0, 0.05) is 34.1 Å². The molecule has 1 fully saturated rings. The van der Waals surface area contributed by atoms with Crippen molar-refractivity contribution in [2.75, 3.05) is 32.6 Å². The number of carbonyl (C=O) groups excluding carboxylic acids is 2. The van der Waals surface area contributed by atoms with Crippen molar-refractivity contribution in [2.24, 2.45) is 0 Å². The van der Waals surface area contributed by atoms with Crippen molar-refractivity contribution < 1.29 is 27.5 Å². The molecule has 1 aliphatic heterocycles. The first-order chi connectivity index (χ1) is 10.6. The van der Waals surface area contributed by atoms with Gasteiger partial charge in [0.2, 0.25) is 10.1 Å². The zero-order valence-corrected chi connectivity index (χ0v) is 13.3. The monoisotopic (exact) mass is 353 g/mol. The molecule has 0 N–H and O–H groups in total. The zero-order valence-electron chi connectivity index (χ0n) is 12.5. The van der Waals surface area contributed by atoms with E-state index in [4.69, 9.17) is 4.74 Å². The van der Waals surface area contributed by atoms with E-state index in [0.29, 0.717) is 6.54 Å². The molecule has 3 amide bonds. The summed E-state index contributed by atoms with van der Waals surface area (Å²) in [6.45, 7) is 0.297. The molecule has 23 heavy (non-hydrogen) atoms. The van der Waals surface area contributed by atoms with Gasteiger partial charge in [0.15, 0.2) is 6.23 Å². The average Bonchev–Trinajstić information content (AvgIpc) is 2.92. The van der Waals surface area contributed by atoms with Crippen LogP contribution in [0.5, 0.6) is 0 Å². The van der Waals surface area contributed by atoms with E-state index in [9.17, 15) is 22.8 Å². The summed E-state index contributed by atoms with van der Waals surface area (Å²) in [6.07, 6.45) is -6.17.